The predicted octanol–water partition coefficient (Wildman–Crippen LogP) is 1.85. The zero-order valence-electron chi connectivity index (χ0n) is 15.3. The highest BCUT2D eigenvalue weighted by Gasteiger charge is 2.37. The quantitative estimate of drug-likeness (QED) is 0.826. The molecule has 0 amide bonds. The van der Waals surface area contributed by atoms with Crippen LogP contribution in [0.1, 0.15) is 30.9 Å². The summed E-state index contributed by atoms with van der Waals surface area (Å²) in [6.07, 6.45) is 7.13. The van der Waals surface area contributed by atoms with Gasteiger partial charge in [0.2, 0.25) is 0 Å². The number of fused-ring (bicyclic) bond motifs is 4. The van der Waals surface area contributed by atoms with Crippen LogP contribution in [0, 0.1) is 5.92 Å². The van der Waals surface area contributed by atoms with Gasteiger partial charge in [0.15, 0.2) is 0 Å². The first-order chi connectivity index (χ1) is 12.7. The number of aromatic nitrogens is 3. The van der Waals surface area contributed by atoms with Crippen LogP contribution in [0.3, 0.4) is 0 Å². The number of piperidine rings is 1. The van der Waals surface area contributed by atoms with Gasteiger partial charge in [-0.15, -0.1) is 0 Å². The van der Waals surface area contributed by atoms with Crippen molar-refractivity contribution < 1.29 is 4.74 Å². The summed E-state index contributed by atoms with van der Waals surface area (Å²) in [7, 11) is 1.94. The normalized spacial score (nSPS) is 26.7. The van der Waals surface area contributed by atoms with Gasteiger partial charge in [0.05, 0.1) is 5.56 Å². The Bertz CT molecular complexity index is 865. The average Bonchev–Trinajstić information content (AvgIpc) is 3.09. The summed E-state index contributed by atoms with van der Waals surface area (Å²) in [6, 6.07) is 4.79. The monoisotopic (exact) mass is 354 g/mol. The van der Waals surface area contributed by atoms with E-state index in [9.17, 15) is 4.79 Å². The summed E-state index contributed by atoms with van der Waals surface area (Å²) in [6.45, 7) is 4.80. The fourth-order valence-corrected chi connectivity index (χ4v) is 5.13. The third kappa shape index (κ3) is 2.63. The van der Waals surface area contributed by atoms with Crippen LogP contribution in [0.25, 0.3) is 11.4 Å². The molecule has 2 atom stereocenters. The van der Waals surface area contributed by atoms with Crippen molar-refractivity contribution in [2.24, 2.45) is 13.0 Å². The van der Waals surface area contributed by atoms with Crippen LogP contribution < -0.4 is 5.56 Å². The first kappa shape index (κ1) is 16.3. The lowest BCUT2D eigenvalue weighted by atomic mass is 9.82. The number of hydrogen-bond acceptors (Lipinski definition) is 4. The van der Waals surface area contributed by atoms with Gasteiger partial charge >= 0.3 is 0 Å². The Morgan fingerprint density at radius 3 is 2.77 bits per heavy atom. The van der Waals surface area contributed by atoms with E-state index < -0.39 is 0 Å². The third-order valence-electron chi connectivity index (χ3n) is 6.40. The summed E-state index contributed by atoms with van der Waals surface area (Å²) < 4.78 is 9.48. The molecular weight excluding hydrogens is 328 g/mol. The van der Waals surface area contributed by atoms with E-state index in [1.807, 2.05) is 28.4 Å². The van der Waals surface area contributed by atoms with Crippen molar-refractivity contribution in [1.82, 2.24) is 19.0 Å². The molecule has 2 saturated heterocycles. The molecule has 2 aromatic heterocycles. The molecule has 5 heterocycles. The van der Waals surface area contributed by atoms with Gasteiger partial charge in [0.1, 0.15) is 5.82 Å². The maximum absolute atomic E-state index is 13.2. The van der Waals surface area contributed by atoms with Crippen LogP contribution in [0.15, 0.2) is 29.3 Å². The maximum atomic E-state index is 13.2. The minimum atomic E-state index is 0.117. The molecule has 0 N–H and O–H groups in total. The molecule has 3 aliphatic rings. The highest BCUT2D eigenvalue weighted by atomic mass is 16.5. The van der Waals surface area contributed by atoms with Crippen molar-refractivity contribution in [2.45, 2.75) is 37.8 Å². The molecule has 0 spiro atoms. The molecule has 0 radical (unpaired) electrons. The summed E-state index contributed by atoms with van der Waals surface area (Å²) in [5.41, 5.74) is 2.04. The Labute approximate surface area is 153 Å². The second kappa shape index (κ2) is 6.35. The van der Waals surface area contributed by atoms with Crippen LogP contribution in [-0.4, -0.2) is 51.4 Å². The molecule has 3 aliphatic heterocycles. The van der Waals surface area contributed by atoms with Crippen LogP contribution in [0.2, 0.25) is 0 Å². The number of likely N-dealkylation sites (tertiary alicyclic amines) is 1. The fourth-order valence-electron chi connectivity index (χ4n) is 5.13. The van der Waals surface area contributed by atoms with Gasteiger partial charge < -0.3 is 13.9 Å². The Balaban J connectivity index is 1.47. The Kier molecular flexibility index (Phi) is 3.98. The van der Waals surface area contributed by atoms with Crippen molar-refractivity contribution in [3.8, 4) is 11.4 Å². The van der Waals surface area contributed by atoms with E-state index in [2.05, 4.69) is 16.0 Å². The molecule has 2 fully saturated rings. The molecule has 6 heteroatoms. The van der Waals surface area contributed by atoms with E-state index in [0.717, 1.165) is 51.5 Å². The number of hydrogen-bond donors (Lipinski definition) is 0. The van der Waals surface area contributed by atoms with E-state index in [1.54, 1.807) is 6.20 Å². The minimum absolute atomic E-state index is 0.117. The minimum Gasteiger partial charge on any atom is -0.381 e. The zero-order valence-corrected chi connectivity index (χ0v) is 15.3. The number of nitrogens with zero attached hydrogens (tertiary/aromatic N) is 4. The van der Waals surface area contributed by atoms with Gasteiger partial charge in [-0.05, 0) is 37.3 Å². The zero-order chi connectivity index (χ0) is 17.7. The lowest BCUT2D eigenvalue weighted by molar-refractivity contribution is 0.00589. The number of imidazole rings is 1. The lowest BCUT2D eigenvalue weighted by Gasteiger charge is -2.46. The van der Waals surface area contributed by atoms with E-state index in [0.29, 0.717) is 23.4 Å². The van der Waals surface area contributed by atoms with Gasteiger partial charge in [0.25, 0.3) is 5.56 Å². The number of rotatable bonds is 2. The van der Waals surface area contributed by atoms with E-state index in [-0.39, 0.29) is 5.56 Å². The maximum Gasteiger partial charge on any atom is 0.261 e. The van der Waals surface area contributed by atoms with Gasteiger partial charge in [-0.25, -0.2) is 4.98 Å². The molecule has 0 saturated carbocycles. The number of aryl methyl sites for hydroxylation is 1. The van der Waals surface area contributed by atoms with Gasteiger partial charge in [-0.1, -0.05) is 0 Å². The van der Waals surface area contributed by atoms with E-state index in [4.69, 9.17) is 4.74 Å². The summed E-state index contributed by atoms with van der Waals surface area (Å²) in [4.78, 5) is 20.2. The largest absolute Gasteiger partial charge is 0.381 e. The van der Waals surface area contributed by atoms with E-state index >= 15 is 0 Å². The molecular formula is C20H26N4O2. The molecule has 0 aliphatic carbocycles. The molecule has 26 heavy (non-hydrogen) atoms. The fraction of sp³-hybridized carbons (Fsp3) is 0.600. The van der Waals surface area contributed by atoms with Crippen LogP contribution >= 0.6 is 0 Å². The second-order valence-electron chi connectivity index (χ2n) is 8.05. The van der Waals surface area contributed by atoms with Crippen molar-refractivity contribution in [2.75, 3.05) is 26.3 Å². The van der Waals surface area contributed by atoms with Crippen molar-refractivity contribution >= 4 is 0 Å². The van der Waals surface area contributed by atoms with Crippen LogP contribution in [-0.2, 0) is 18.3 Å². The third-order valence-corrected chi connectivity index (χ3v) is 6.40. The SMILES string of the molecule is Cn1ccnc1-c1ccc2n(c1=O)C[C@H]1C[C@@H]2CN(C2CCOCC2)C1. The first-order valence-electron chi connectivity index (χ1n) is 9.74. The molecule has 0 unspecified atom stereocenters. The molecule has 2 bridgehead atoms. The van der Waals surface area contributed by atoms with Crippen LogP contribution in [0.5, 0.6) is 0 Å². The number of pyridine rings is 1. The van der Waals surface area contributed by atoms with Crippen molar-refractivity contribution in [3.05, 3.63) is 40.6 Å². The first-order valence-corrected chi connectivity index (χ1v) is 9.74. The molecule has 138 valence electrons. The van der Waals surface area contributed by atoms with Crippen molar-refractivity contribution in [3.63, 3.8) is 0 Å². The average molecular weight is 354 g/mol. The molecule has 0 aromatic carbocycles. The van der Waals surface area contributed by atoms with Gasteiger partial charge in [-0.2, -0.15) is 0 Å². The second-order valence-corrected chi connectivity index (χ2v) is 8.05. The Hall–Kier alpha value is -1.92. The van der Waals surface area contributed by atoms with Crippen LogP contribution in [0.4, 0.5) is 0 Å². The van der Waals surface area contributed by atoms with Gasteiger partial charge in [0, 0.05) is 69.9 Å². The smallest absolute Gasteiger partial charge is 0.261 e. The Morgan fingerprint density at radius 2 is 2.00 bits per heavy atom. The molecule has 5 rings (SSSR count). The summed E-state index contributed by atoms with van der Waals surface area (Å²) in [5.74, 6) is 1.79. The van der Waals surface area contributed by atoms with Gasteiger partial charge in [-0.3, -0.25) is 9.69 Å². The lowest BCUT2D eigenvalue weighted by Crippen LogP contribution is -2.51. The highest BCUT2D eigenvalue weighted by molar-refractivity contribution is 5.54. The molecule has 6 nitrogen and oxygen atoms in total. The molecule has 2 aromatic rings. The summed E-state index contributed by atoms with van der Waals surface area (Å²) in [5, 5.41) is 0. The standard InChI is InChI=1S/C20H26N4O2/c1-22-7-6-21-19(22)17-2-3-18-15-10-14(12-24(18)20(17)25)11-23(13-15)16-4-8-26-9-5-16/h2-3,6-7,14-16H,4-5,8-13H2,1H3/t14-,15+/m0/s1. The summed E-state index contributed by atoms with van der Waals surface area (Å²) >= 11 is 0. The highest BCUT2D eigenvalue weighted by Crippen LogP contribution is 2.37. The predicted molar refractivity (Wildman–Crippen MR) is 99.2 cm³/mol. The Morgan fingerprint density at radius 1 is 1.15 bits per heavy atom. The number of ether oxygens (including phenoxy) is 1. The topological polar surface area (TPSA) is 52.3 Å². The van der Waals surface area contributed by atoms with Crippen molar-refractivity contribution in [1.29, 1.82) is 0 Å². The van der Waals surface area contributed by atoms with E-state index in [1.165, 1.54) is 12.1 Å².